The summed E-state index contributed by atoms with van der Waals surface area (Å²) in [5.41, 5.74) is 0.628. The van der Waals surface area contributed by atoms with Crippen LogP contribution in [-0.2, 0) is 4.79 Å². The summed E-state index contributed by atoms with van der Waals surface area (Å²) in [6, 6.07) is 5.91. The standard InChI is InChI=1S/C14H19N3O3/c1-11-3-2-8-16(9-11)10-14(18)15-12-4-6-13(7-5-12)17(19)20/h4-7,11H,2-3,8-10H2,1H3,(H,15,18)/p+1/t11-/m1/s1. The number of benzene rings is 1. The van der Waals surface area contributed by atoms with E-state index in [0.717, 1.165) is 13.1 Å². The van der Waals surface area contributed by atoms with Crippen LogP contribution in [0.3, 0.4) is 0 Å². The number of nitrogens with one attached hydrogen (secondary N) is 2. The second kappa shape index (κ2) is 6.47. The molecule has 0 spiro atoms. The summed E-state index contributed by atoms with van der Waals surface area (Å²) in [4.78, 5) is 23.3. The molecular formula is C14H20N3O3+. The molecule has 2 atom stereocenters. The molecule has 6 heteroatoms. The second-order valence-corrected chi connectivity index (χ2v) is 5.48. The van der Waals surface area contributed by atoms with Crippen LogP contribution in [0.15, 0.2) is 24.3 Å². The molecule has 2 N–H and O–H groups in total. The molecule has 0 radical (unpaired) electrons. The molecule has 1 unspecified atom stereocenters. The number of likely N-dealkylation sites (tertiary alicyclic amines) is 1. The molecule has 0 bridgehead atoms. The summed E-state index contributed by atoms with van der Waals surface area (Å²) in [6.45, 7) is 4.75. The summed E-state index contributed by atoms with van der Waals surface area (Å²) < 4.78 is 0. The van der Waals surface area contributed by atoms with Crippen LogP contribution in [0.4, 0.5) is 11.4 Å². The number of carbonyl (C=O) groups is 1. The van der Waals surface area contributed by atoms with Crippen molar-refractivity contribution in [2.45, 2.75) is 19.8 Å². The maximum Gasteiger partial charge on any atom is 0.279 e. The summed E-state index contributed by atoms with van der Waals surface area (Å²) in [5, 5.41) is 13.3. The zero-order valence-electron chi connectivity index (χ0n) is 11.6. The Kier molecular flexibility index (Phi) is 4.68. The fraction of sp³-hybridized carbons (Fsp3) is 0.500. The average molecular weight is 278 g/mol. The van der Waals surface area contributed by atoms with Gasteiger partial charge in [-0.1, -0.05) is 6.92 Å². The number of hydrogen-bond acceptors (Lipinski definition) is 3. The van der Waals surface area contributed by atoms with Crippen LogP contribution in [0.5, 0.6) is 0 Å². The van der Waals surface area contributed by atoms with Crippen molar-refractivity contribution >= 4 is 17.3 Å². The molecule has 1 aliphatic rings. The van der Waals surface area contributed by atoms with Gasteiger partial charge in [0.05, 0.1) is 18.0 Å². The third-order valence-corrected chi connectivity index (χ3v) is 3.64. The van der Waals surface area contributed by atoms with E-state index in [1.54, 1.807) is 12.1 Å². The van der Waals surface area contributed by atoms with Crippen LogP contribution in [0.2, 0.25) is 0 Å². The molecule has 1 aromatic carbocycles. The highest BCUT2D eigenvalue weighted by atomic mass is 16.6. The van der Waals surface area contributed by atoms with Crippen molar-refractivity contribution in [1.82, 2.24) is 0 Å². The summed E-state index contributed by atoms with van der Waals surface area (Å²) in [6.07, 6.45) is 2.41. The van der Waals surface area contributed by atoms with Gasteiger partial charge in [0.15, 0.2) is 6.54 Å². The van der Waals surface area contributed by atoms with E-state index in [9.17, 15) is 14.9 Å². The Morgan fingerprint density at radius 1 is 1.45 bits per heavy atom. The number of nitro benzene ring substituents is 1. The van der Waals surface area contributed by atoms with Gasteiger partial charge in [0.1, 0.15) is 0 Å². The van der Waals surface area contributed by atoms with Gasteiger partial charge in [0.2, 0.25) is 0 Å². The van der Waals surface area contributed by atoms with E-state index < -0.39 is 4.92 Å². The van der Waals surface area contributed by atoms with Crippen LogP contribution in [0.1, 0.15) is 19.8 Å². The Bertz CT molecular complexity index is 487. The van der Waals surface area contributed by atoms with Crippen molar-refractivity contribution in [2.75, 3.05) is 25.0 Å². The lowest BCUT2D eigenvalue weighted by Gasteiger charge is -2.27. The number of quaternary nitrogens is 1. The highest BCUT2D eigenvalue weighted by molar-refractivity contribution is 5.91. The topological polar surface area (TPSA) is 76.7 Å². The Morgan fingerprint density at radius 3 is 2.75 bits per heavy atom. The number of nitrogens with zero attached hydrogens (tertiary/aromatic N) is 1. The van der Waals surface area contributed by atoms with Gasteiger partial charge in [-0.2, -0.15) is 0 Å². The molecule has 2 rings (SSSR count). The molecule has 1 saturated heterocycles. The summed E-state index contributed by atoms with van der Waals surface area (Å²) in [5.74, 6) is 0.633. The van der Waals surface area contributed by atoms with Crippen molar-refractivity contribution in [2.24, 2.45) is 5.92 Å². The zero-order valence-corrected chi connectivity index (χ0v) is 11.6. The molecule has 0 aromatic heterocycles. The molecule has 1 amide bonds. The Balaban J connectivity index is 1.86. The van der Waals surface area contributed by atoms with E-state index in [-0.39, 0.29) is 11.6 Å². The van der Waals surface area contributed by atoms with Gasteiger partial charge in [-0.3, -0.25) is 14.9 Å². The number of hydrogen-bond donors (Lipinski definition) is 2. The second-order valence-electron chi connectivity index (χ2n) is 5.48. The SMILES string of the molecule is C[C@@H]1CCC[NH+](CC(=O)Nc2ccc([N+](=O)[O-])cc2)C1. The predicted molar refractivity (Wildman–Crippen MR) is 75.7 cm³/mol. The number of carbonyl (C=O) groups excluding carboxylic acids is 1. The van der Waals surface area contributed by atoms with Gasteiger partial charge < -0.3 is 10.2 Å². The lowest BCUT2D eigenvalue weighted by atomic mass is 10.0. The molecule has 20 heavy (non-hydrogen) atoms. The van der Waals surface area contributed by atoms with Gasteiger partial charge in [-0.25, -0.2) is 0 Å². The van der Waals surface area contributed by atoms with Gasteiger partial charge in [0.25, 0.3) is 11.6 Å². The van der Waals surface area contributed by atoms with E-state index in [1.807, 2.05) is 0 Å². The first kappa shape index (κ1) is 14.5. The molecule has 108 valence electrons. The third-order valence-electron chi connectivity index (χ3n) is 3.64. The average Bonchev–Trinajstić information content (AvgIpc) is 2.39. The van der Waals surface area contributed by atoms with Gasteiger partial charge in [-0.15, -0.1) is 0 Å². The first-order valence-electron chi connectivity index (χ1n) is 6.92. The van der Waals surface area contributed by atoms with Crippen molar-refractivity contribution in [3.63, 3.8) is 0 Å². The van der Waals surface area contributed by atoms with Crippen LogP contribution in [-0.4, -0.2) is 30.5 Å². The van der Waals surface area contributed by atoms with E-state index in [0.29, 0.717) is 18.2 Å². The van der Waals surface area contributed by atoms with E-state index in [1.165, 1.54) is 29.9 Å². The quantitative estimate of drug-likeness (QED) is 0.633. The van der Waals surface area contributed by atoms with Crippen LogP contribution in [0, 0.1) is 16.0 Å². The Labute approximate surface area is 117 Å². The molecule has 6 nitrogen and oxygen atoms in total. The normalized spacial score (nSPS) is 22.2. The molecule has 1 heterocycles. The minimum atomic E-state index is -0.454. The van der Waals surface area contributed by atoms with Crippen molar-refractivity contribution in [1.29, 1.82) is 0 Å². The smallest absolute Gasteiger partial charge is 0.279 e. The maximum atomic E-state index is 11.9. The van der Waals surface area contributed by atoms with E-state index in [4.69, 9.17) is 0 Å². The van der Waals surface area contributed by atoms with Crippen molar-refractivity contribution < 1.29 is 14.6 Å². The molecule has 0 saturated carbocycles. The number of piperidine rings is 1. The summed E-state index contributed by atoms with van der Waals surface area (Å²) >= 11 is 0. The fourth-order valence-electron chi connectivity index (χ4n) is 2.66. The van der Waals surface area contributed by atoms with Gasteiger partial charge in [0, 0.05) is 23.7 Å². The summed E-state index contributed by atoms with van der Waals surface area (Å²) in [7, 11) is 0. The number of non-ortho nitro benzene ring substituents is 1. The Hall–Kier alpha value is -1.95. The Morgan fingerprint density at radius 2 is 2.15 bits per heavy atom. The number of rotatable bonds is 4. The lowest BCUT2D eigenvalue weighted by Crippen LogP contribution is -3.14. The van der Waals surface area contributed by atoms with E-state index >= 15 is 0 Å². The predicted octanol–water partition coefficient (Wildman–Crippen LogP) is 0.848. The van der Waals surface area contributed by atoms with E-state index in [2.05, 4.69) is 12.2 Å². The van der Waals surface area contributed by atoms with Crippen LogP contribution >= 0.6 is 0 Å². The maximum absolute atomic E-state index is 11.9. The zero-order chi connectivity index (χ0) is 14.5. The minimum Gasteiger partial charge on any atom is -0.327 e. The molecule has 0 aliphatic carbocycles. The lowest BCUT2D eigenvalue weighted by molar-refractivity contribution is -0.900. The number of anilines is 1. The first-order valence-corrected chi connectivity index (χ1v) is 6.92. The molecule has 1 aromatic rings. The molecule has 1 aliphatic heterocycles. The van der Waals surface area contributed by atoms with Crippen molar-refractivity contribution in [3.05, 3.63) is 34.4 Å². The first-order chi connectivity index (χ1) is 9.54. The molecule has 1 fully saturated rings. The monoisotopic (exact) mass is 278 g/mol. The fourth-order valence-corrected chi connectivity index (χ4v) is 2.66. The van der Waals surface area contributed by atoms with Crippen LogP contribution in [0.25, 0.3) is 0 Å². The number of amides is 1. The van der Waals surface area contributed by atoms with Crippen molar-refractivity contribution in [3.8, 4) is 0 Å². The van der Waals surface area contributed by atoms with Gasteiger partial charge in [-0.05, 0) is 25.0 Å². The third kappa shape index (κ3) is 4.03. The molecular weight excluding hydrogens is 258 g/mol. The highest BCUT2D eigenvalue weighted by Crippen LogP contribution is 2.15. The highest BCUT2D eigenvalue weighted by Gasteiger charge is 2.21. The number of nitro groups is 1. The minimum absolute atomic E-state index is 0.0264. The largest absolute Gasteiger partial charge is 0.327 e. The van der Waals surface area contributed by atoms with Gasteiger partial charge >= 0.3 is 0 Å². The van der Waals surface area contributed by atoms with Crippen LogP contribution < -0.4 is 10.2 Å².